The number of carbonyl (C=O) groups excluding carboxylic acids is 1. The first-order valence-electron chi connectivity index (χ1n) is 9.12. The van der Waals surface area contributed by atoms with E-state index in [1.807, 2.05) is 0 Å². The number of benzene rings is 2. The van der Waals surface area contributed by atoms with Gasteiger partial charge in [0.25, 0.3) is 11.6 Å². The molecule has 1 aliphatic heterocycles. The Hall–Kier alpha value is -3.10. The number of nitrogens with one attached hydrogen (secondary N) is 2. The van der Waals surface area contributed by atoms with E-state index in [4.69, 9.17) is 21.1 Å². The standard InChI is InChI=1S/C20H18ClN3O5/c21-12-3-6-19(29-11-14-2-1-7-28-14)18(8-12)23-20(25)16-10-22-17-5-4-13(24(26)27)9-15(16)17/h3-6,8-10,14,22H,1-2,7,11H2,(H,23,25). The average Bonchev–Trinajstić information content (AvgIpc) is 3.36. The van der Waals surface area contributed by atoms with Crippen LogP contribution in [0.5, 0.6) is 5.75 Å². The Labute approximate surface area is 170 Å². The van der Waals surface area contributed by atoms with E-state index in [-0.39, 0.29) is 17.4 Å². The van der Waals surface area contributed by atoms with Crippen molar-refractivity contribution in [3.63, 3.8) is 0 Å². The Balaban J connectivity index is 1.57. The van der Waals surface area contributed by atoms with Crippen LogP contribution in [0.25, 0.3) is 10.9 Å². The van der Waals surface area contributed by atoms with E-state index in [9.17, 15) is 14.9 Å². The van der Waals surface area contributed by atoms with Gasteiger partial charge < -0.3 is 19.8 Å². The molecular weight excluding hydrogens is 398 g/mol. The normalized spacial score (nSPS) is 16.1. The minimum atomic E-state index is -0.498. The molecule has 4 rings (SSSR count). The number of halogens is 1. The summed E-state index contributed by atoms with van der Waals surface area (Å²) in [4.78, 5) is 26.4. The highest BCUT2D eigenvalue weighted by Crippen LogP contribution is 2.30. The molecule has 8 nitrogen and oxygen atoms in total. The SMILES string of the molecule is O=C(Nc1cc(Cl)ccc1OCC1CCCO1)c1c[nH]c2ccc([N+](=O)[O-])cc12. The summed E-state index contributed by atoms with van der Waals surface area (Å²) in [5, 5.41) is 14.7. The third-order valence-electron chi connectivity index (χ3n) is 4.76. The van der Waals surface area contributed by atoms with Crippen LogP contribution < -0.4 is 10.1 Å². The Kier molecular flexibility index (Phi) is 5.37. The Morgan fingerprint density at radius 2 is 2.21 bits per heavy atom. The molecule has 0 aliphatic carbocycles. The van der Waals surface area contributed by atoms with Gasteiger partial charge in [0.2, 0.25) is 0 Å². The molecule has 29 heavy (non-hydrogen) atoms. The van der Waals surface area contributed by atoms with Crippen LogP contribution in [-0.2, 0) is 4.74 Å². The number of nitrogens with zero attached hydrogens (tertiary/aromatic N) is 1. The molecule has 1 aliphatic rings. The van der Waals surface area contributed by atoms with E-state index in [0.717, 1.165) is 19.4 Å². The maximum absolute atomic E-state index is 12.9. The van der Waals surface area contributed by atoms with Gasteiger partial charge in [-0.2, -0.15) is 0 Å². The van der Waals surface area contributed by atoms with Gasteiger partial charge in [-0.1, -0.05) is 11.6 Å². The minimum Gasteiger partial charge on any atom is -0.489 e. The van der Waals surface area contributed by atoms with Crippen molar-refractivity contribution in [3.8, 4) is 5.75 Å². The summed E-state index contributed by atoms with van der Waals surface area (Å²) in [7, 11) is 0. The number of ether oxygens (including phenoxy) is 2. The van der Waals surface area contributed by atoms with Gasteiger partial charge in [0.1, 0.15) is 12.4 Å². The van der Waals surface area contributed by atoms with Gasteiger partial charge in [-0.3, -0.25) is 14.9 Å². The fraction of sp³-hybridized carbons (Fsp3) is 0.250. The number of nitro benzene ring substituents is 1. The first-order valence-corrected chi connectivity index (χ1v) is 9.50. The number of fused-ring (bicyclic) bond motifs is 1. The summed E-state index contributed by atoms with van der Waals surface area (Å²) < 4.78 is 11.4. The molecule has 0 bridgehead atoms. The molecule has 2 heterocycles. The largest absolute Gasteiger partial charge is 0.489 e. The highest BCUT2D eigenvalue weighted by atomic mass is 35.5. The summed E-state index contributed by atoms with van der Waals surface area (Å²) in [6.45, 7) is 1.11. The molecule has 0 spiro atoms. The first kappa shape index (κ1) is 19.2. The first-order chi connectivity index (χ1) is 14.0. The second-order valence-corrected chi connectivity index (χ2v) is 7.17. The number of H-pyrrole nitrogens is 1. The predicted octanol–water partition coefficient (Wildman–Crippen LogP) is 4.54. The van der Waals surface area contributed by atoms with E-state index in [1.165, 1.54) is 18.3 Å². The molecule has 2 N–H and O–H groups in total. The molecule has 1 fully saturated rings. The fourth-order valence-corrected chi connectivity index (χ4v) is 3.46. The zero-order valence-corrected chi connectivity index (χ0v) is 16.1. The maximum atomic E-state index is 12.9. The topological polar surface area (TPSA) is 106 Å². The molecule has 1 aromatic heterocycles. The quantitative estimate of drug-likeness (QED) is 0.454. The number of rotatable bonds is 6. The Morgan fingerprint density at radius 3 is 2.97 bits per heavy atom. The monoisotopic (exact) mass is 415 g/mol. The number of carbonyl (C=O) groups is 1. The van der Waals surface area contributed by atoms with Gasteiger partial charge in [-0.25, -0.2) is 0 Å². The summed E-state index contributed by atoms with van der Waals surface area (Å²) in [5.74, 6) is 0.0463. The number of hydrogen-bond acceptors (Lipinski definition) is 5. The molecule has 9 heteroatoms. The number of nitro groups is 1. The summed E-state index contributed by atoms with van der Waals surface area (Å²) >= 11 is 6.09. The zero-order chi connectivity index (χ0) is 20.4. The Morgan fingerprint density at radius 1 is 1.34 bits per heavy atom. The number of aromatic amines is 1. The van der Waals surface area contributed by atoms with E-state index < -0.39 is 10.8 Å². The maximum Gasteiger partial charge on any atom is 0.270 e. The van der Waals surface area contributed by atoms with Gasteiger partial charge in [-0.05, 0) is 37.1 Å². The van der Waals surface area contributed by atoms with Gasteiger partial charge in [0.05, 0.1) is 22.3 Å². The smallest absolute Gasteiger partial charge is 0.270 e. The van der Waals surface area contributed by atoms with Gasteiger partial charge in [-0.15, -0.1) is 0 Å². The minimum absolute atomic E-state index is 0.0309. The molecule has 1 saturated heterocycles. The molecule has 1 unspecified atom stereocenters. The van der Waals surface area contributed by atoms with Crippen molar-refractivity contribution in [2.75, 3.05) is 18.5 Å². The summed E-state index contributed by atoms with van der Waals surface area (Å²) in [5.41, 5.74) is 1.24. The van der Waals surface area contributed by atoms with Crippen LogP contribution in [0.15, 0.2) is 42.6 Å². The molecule has 2 aromatic carbocycles. The van der Waals surface area contributed by atoms with Crippen molar-refractivity contribution in [1.82, 2.24) is 4.98 Å². The van der Waals surface area contributed by atoms with Crippen molar-refractivity contribution in [2.24, 2.45) is 0 Å². The average molecular weight is 416 g/mol. The van der Waals surface area contributed by atoms with Crippen LogP contribution in [0.3, 0.4) is 0 Å². The van der Waals surface area contributed by atoms with E-state index in [0.29, 0.717) is 34.0 Å². The lowest BCUT2D eigenvalue weighted by Gasteiger charge is -2.15. The molecule has 0 saturated carbocycles. The van der Waals surface area contributed by atoms with Crippen LogP contribution >= 0.6 is 11.6 Å². The third kappa shape index (κ3) is 4.18. The summed E-state index contributed by atoms with van der Waals surface area (Å²) in [6.07, 6.45) is 3.48. The van der Waals surface area contributed by atoms with E-state index in [1.54, 1.807) is 24.3 Å². The van der Waals surface area contributed by atoms with Crippen molar-refractivity contribution >= 4 is 39.8 Å². The molecule has 1 amide bonds. The lowest BCUT2D eigenvalue weighted by Crippen LogP contribution is -2.18. The summed E-state index contributed by atoms with van der Waals surface area (Å²) in [6, 6.07) is 9.29. The number of amides is 1. The Bertz CT molecular complexity index is 1080. The highest BCUT2D eigenvalue weighted by molar-refractivity contribution is 6.31. The van der Waals surface area contributed by atoms with E-state index >= 15 is 0 Å². The second kappa shape index (κ2) is 8.10. The van der Waals surface area contributed by atoms with Crippen LogP contribution in [-0.4, -0.2) is 35.1 Å². The van der Waals surface area contributed by atoms with Crippen molar-refractivity contribution < 1.29 is 19.2 Å². The van der Waals surface area contributed by atoms with Crippen LogP contribution in [0, 0.1) is 10.1 Å². The van der Waals surface area contributed by atoms with Gasteiger partial charge in [0.15, 0.2) is 0 Å². The fourth-order valence-electron chi connectivity index (χ4n) is 3.28. The highest BCUT2D eigenvalue weighted by Gasteiger charge is 2.19. The second-order valence-electron chi connectivity index (χ2n) is 6.73. The number of aromatic nitrogens is 1. The number of anilines is 1. The van der Waals surface area contributed by atoms with Crippen molar-refractivity contribution in [1.29, 1.82) is 0 Å². The zero-order valence-electron chi connectivity index (χ0n) is 15.3. The van der Waals surface area contributed by atoms with Crippen LogP contribution in [0.1, 0.15) is 23.2 Å². The van der Waals surface area contributed by atoms with Gasteiger partial charge >= 0.3 is 0 Å². The van der Waals surface area contributed by atoms with E-state index in [2.05, 4.69) is 10.3 Å². The molecular formula is C20H18ClN3O5. The number of non-ortho nitro benzene ring substituents is 1. The molecule has 150 valence electrons. The predicted molar refractivity (Wildman–Crippen MR) is 109 cm³/mol. The van der Waals surface area contributed by atoms with Crippen LogP contribution in [0.2, 0.25) is 5.02 Å². The number of hydrogen-bond donors (Lipinski definition) is 2. The molecule has 3 aromatic rings. The lowest BCUT2D eigenvalue weighted by molar-refractivity contribution is -0.384. The van der Waals surface area contributed by atoms with Gasteiger partial charge in [0, 0.05) is 40.9 Å². The third-order valence-corrected chi connectivity index (χ3v) is 4.99. The van der Waals surface area contributed by atoms with Crippen molar-refractivity contribution in [2.45, 2.75) is 18.9 Å². The molecule has 1 atom stereocenters. The lowest BCUT2D eigenvalue weighted by atomic mass is 10.1. The van der Waals surface area contributed by atoms with Crippen molar-refractivity contribution in [3.05, 3.63) is 63.3 Å². The van der Waals surface area contributed by atoms with Crippen LogP contribution in [0.4, 0.5) is 11.4 Å². The molecule has 0 radical (unpaired) electrons.